The first-order valence-corrected chi connectivity index (χ1v) is 6.66. The van der Waals surface area contributed by atoms with Gasteiger partial charge in [-0.2, -0.15) is 8.78 Å². The molecule has 3 rings (SSSR count). The van der Waals surface area contributed by atoms with E-state index in [2.05, 4.69) is 5.32 Å². The van der Waals surface area contributed by atoms with E-state index < -0.39 is 24.4 Å². The summed E-state index contributed by atoms with van der Waals surface area (Å²) in [4.78, 5) is 13.1. The minimum Gasteiger partial charge on any atom is -0.456 e. The number of halogens is 2. The summed E-state index contributed by atoms with van der Waals surface area (Å²) >= 11 is 0. The fourth-order valence-electron chi connectivity index (χ4n) is 2.73. The summed E-state index contributed by atoms with van der Waals surface area (Å²) in [5.41, 5.74) is 1.93. The van der Waals surface area contributed by atoms with Crippen LogP contribution in [0.2, 0.25) is 0 Å². The van der Waals surface area contributed by atoms with Gasteiger partial charge in [0.2, 0.25) is 0 Å². The lowest BCUT2D eigenvalue weighted by Crippen LogP contribution is -2.45. The number of nitrogens with zero attached hydrogens (tertiary/aromatic N) is 1. The van der Waals surface area contributed by atoms with E-state index in [9.17, 15) is 13.6 Å². The molecule has 2 unspecified atom stereocenters. The number of esters is 1. The first-order valence-electron chi connectivity index (χ1n) is 6.66. The number of ether oxygens (including phenoxy) is 1. The van der Waals surface area contributed by atoms with Crippen LogP contribution in [0.25, 0.3) is 0 Å². The number of carbonyl (C=O) groups is 1. The third-order valence-corrected chi connectivity index (χ3v) is 3.79. The quantitative estimate of drug-likeness (QED) is 0.845. The highest BCUT2D eigenvalue weighted by Crippen LogP contribution is 2.35. The first kappa shape index (κ1) is 13.1. The van der Waals surface area contributed by atoms with Crippen molar-refractivity contribution in [1.82, 2.24) is 0 Å². The summed E-state index contributed by atoms with van der Waals surface area (Å²) in [6.07, 6.45) is -1.30. The zero-order chi connectivity index (χ0) is 14.3. The molecule has 0 aliphatic carbocycles. The minimum atomic E-state index is -3.35. The molecule has 0 aromatic heterocycles. The van der Waals surface area contributed by atoms with E-state index in [-0.39, 0.29) is 6.04 Å². The second kappa shape index (κ2) is 4.61. The van der Waals surface area contributed by atoms with Gasteiger partial charge < -0.3 is 15.0 Å². The topological polar surface area (TPSA) is 41.6 Å². The van der Waals surface area contributed by atoms with E-state index in [1.54, 1.807) is 0 Å². The van der Waals surface area contributed by atoms with Gasteiger partial charge in [0.05, 0.1) is 24.3 Å². The number of alkyl halides is 2. The molecule has 1 aromatic carbocycles. The fraction of sp³-hybridized carbons (Fsp3) is 0.500. The Hall–Kier alpha value is -1.85. The monoisotopic (exact) mass is 282 g/mol. The lowest BCUT2D eigenvalue weighted by atomic mass is 10.1. The zero-order valence-electron chi connectivity index (χ0n) is 11.1. The number of rotatable bonds is 2. The van der Waals surface area contributed by atoms with Crippen molar-refractivity contribution in [2.75, 3.05) is 23.3 Å². The number of carbonyl (C=O) groups excluding carboxylic acids is 1. The summed E-state index contributed by atoms with van der Waals surface area (Å²) in [7, 11) is 0. The molecule has 0 radical (unpaired) electrons. The normalized spacial score (nSPS) is 27.8. The van der Waals surface area contributed by atoms with Gasteiger partial charge >= 0.3 is 11.9 Å². The van der Waals surface area contributed by atoms with Crippen LogP contribution in [0.3, 0.4) is 0 Å². The Morgan fingerprint density at radius 2 is 2.20 bits per heavy atom. The standard InChI is InChI=1S/C14H16F2N2O2/c1-9-7-17-11-4-2-3-5-12(11)18(9)8-10-6-14(15,16)13(19)20-10/h2-5,9-10,17H,6-8H2,1H3. The number of cyclic esters (lactones) is 1. The number of hydrogen-bond acceptors (Lipinski definition) is 4. The lowest BCUT2D eigenvalue weighted by molar-refractivity contribution is -0.158. The van der Waals surface area contributed by atoms with E-state index >= 15 is 0 Å². The maximum atomic E-state index is 13.2. The summed E-state index contributed by atoms with van der Waals surface area (Å²) in [5.74, 6) is -4.75. The number of hydrogen-bond donors (Lipinski definition) is 1. The fourth-order valence-corrected chi connectivity index (χ4v) is 2.73. The van der Waals surface area contributed by atoms with Crippen molar-refractivity contribution in [2.45, 2.75) is 31.4 Å². The van der Waals surface area contributed by atoms with Crippen LogP contribution < -0.4 is 10.2 Å². The van der Waals surface area contributed by atoms with Gasteiger partial charge in [-0.3, -0.25) is 0 Å². The average Bonchev–Trinajstić information content (AvgIpc) is 2.66. The van der Waals surface area contributed by atoms with Crippen LogP contribution >= 0.6 is 0 Å². The van der Waals surface area contributed by atoms with Crippen molar-refractivity contribution in [3.05, 3.63) is 24.3 Å². The molecular formula is C14H16F2N2O2. The van der Waals surface area contributed by atoms with Crippen LogP contribution in [0.15, 0.2) is 24.3 Å². The van der Waals surface area contributed by atoms with Crippen LogP contribution in [0, 0.1) is 0 Å². The number of anilines is 2. The van der Waals surface area contributed by atoms with E-state index in [1.807, 2.05) is 36.1 Å². The van der Waals surface area contributed by atoms with Gasteiger partial charge in [-0.1, -0.05) is 12.1 Å². The van der Waals surface area contributed by atoms with Crippen molar-refractivity contribution in [3.63, 3.8) is 0 Å². The molecule has 1 N–H and O–H groups in total. The number of para-hydroxylation sites is 2. The van der Waals surface area contributed by atoms with Gasteiger partial charge in [0.15, 0.2) is 0 Å². The maximum absolute atomic E-state index is 13.2. The predicted molar refractivity (Wildman–Crippen MR) is 71.2 cm³/mol. The van der Waals surface area contributed by atoms with Crippen LogP contribution in [0.5, 0.6) is 0 Å². The zero-order valence-corrected chi connectivity index (χ0v) is 11.1. The molecule has 2 atom stereocenters. The molecule has 2 heterocycles. The van der Waals surface area contributed by atoms with Gasteiger partial charge in [-0.05, 0) is 19.1 Å². The molecule has 1 fully saturated rings. The Labute approximate surface area is 115 Å². The summed E-state index contributed by atoms with van der Waals surface area (Å²) in [6.45, 7) is 3.03. The van der Waals surface area contributed by atoms with Gasteiger partial charge in [0.25, 0.3) is 0 Å². The Kier molecular flexibility index (Phi) is 3.03. The van der Waals surface area contributed by atoms with E-state index in [1.165, 1.54) is 0 Å². The van der Waals surface area contributed by atoms with Crippen LogP contribution in [0.4, 0.5) is 20.2 Å². The third kappa shape index (κ3) is 2.19. The second-order valence-corrected chi connectivity index (χ2v) is 5.34. The molecule has 0 saturated carbocycles. The smallest absolute Gasteiger partial charge is 0.377 e. The van der Waals surface area contributed by atoms with Gasteiger partial charge in [-0.25, -0.2) is 4.79 Å². The Balaban J connectivity index is 1.79. The van der Waals surface area contributed by atoms with E-state index in [0.29, 0.717) is 6.54 Å². The van der Waals surface area contributed by atoms with Crippen molar-refractivity contribution < 1.29 is 18.3 Å². The molecule has 6 heteroatoms. The van der Waals surface area contributed by atoms with Gasteiger partial charge in [-0.15, -0.1) is 0 Å². The highest BCUT2D eigenvalue weighted by Gasteiger charge is 2.51. The van der Waals surface area contributed by atoms with Crippen LogP contribution in [-0.4, -0.2) is 37.1 Å². The Morgan fingerprint density at radius 1 is 1.45 bits per heavy atom. The minimum absolute atomic E-state index is 0.151. The number of benzene rings is 1. The summed E-state index contributed by atoms with van der Waals surface area (Å²) < 4.78 is 31.3. The molecule has 0 spiro atoms. The van der Waals surface area contributed by atoms with E-state index in [4.69, 9.17) is 4.74 Å². The molecule has 1 saturated heterocycles. The molecule has 1 aromatic rings. The highest BCUT2D eigenvalue weighted by molar-refractivity contribution is 5.80. The summed E-state index contributed by atoms with van der Waals surface area (Å²) in [5, 5.41) is 3.29. The molecular weight excluding hydrogens is 266 g/mol. The number of fused-ring (bicyclic) bond motifs is 1. The van der Waals surface area contributed by atoms with E-state index in [0.717, 1.165) is 17.9 Å². The third-order valence-electron chi connectivity index (χ3n) is 3.79. The second-order valence-electron chi connectivity index (χ2n) is 5.34. The van der Waals surface area contributed by atoms with Crippen LogP contribution in [0.1, 0.15) is 13.3 Å². The van der Waals surface area contributed by atoms with Gasteiger partial charge in [0.1, 0.15) is 6.10 Å². The Morgan fingerprint density at radius 3 is 2.90 bits per heavy atom. The predicted octanol–water partition coefficient (Wildman–Crippen LogP) is 2.26. The molecule has 4 nitrogen and oxygen atoms in total. The number of nitrogens with one attached hydrogen (secondary N) is 1. The highest BCUT2D eigenvalue weighted by atomic mass is 19.3. The van der Waals surface area contributed by atoms with Crippen molar-refractivity contribution in [3.8, 4) is 0 Å². The lowest BCUT2D eigenvalue weighted by Gasteiger charge is -2.38. The van der Waals surface area contributed by atoms with Crippen molar-refractivity contribution in [1.29, 1.82) is 0 Å². The maximum Gasteiger partial charge on any atom is 0.377 e. The van der Waals surface area contributed by atoms with Crippen molar-refractivity contribution in [2.24, 2.45) is 0 Å². The molecule has 2 aliphatic heterocycles. The molecule has 20 heavy (non-hydrogen) atoms. The summed E-state index contributed by atoms with van der Waals surface area (Å²) in [6, 6.07) is 7.86. The molecule has 2 aliphatic rings. The molecule has 0 bridgehead atoms. The molecule has 108 valence electrons. The van der Waals surface area contributed by atoms with Crippen molar-refractivity contribution >= 4 is 17.3 Å². The molecule has 0 amide bonds. The first-order chi connectivity index (χ1) is 9.47. The average molecular weight is 282 g/mol. The van der Waals surface area contributed by atoms with Gasteiger partial charge in [0, 0.05) is 12.6 Å². The van der Waals surface area contributed by atoms with Crippen LogP contribution in [-0.2, 0) is 9.53 Å². The SMILES string of the molecule is CC1CNc2ccccc2N1CC1CC(F)(F)C(=O)O1. The largest absolute Gasteiger partial charge is 0.456 e. The Bertz CT molecular complexity index is 536.